The molecule has 6 nitrogen and oxygen atoms in total. The molecule has 3 aromatic rings. The predicted molar refractivity (Wildman–Crippen MR) is 98.7 cm³/mol. The fourth-order valence-corrected chi connectivity index (χ4v) is 3.80. The Labute approximate surface area is 146 Å². The van der Waals surface area contributed by atoms with E-state index in [0.717, 1.165) is 41.3 Å². The molecule has 5 rings (SSSR count). The number of aromatic nitrogens is 3. The number of para-hydroxylation sites is 1. The van der Waals surface area contributed by atoms with Gasteiger partial charge in [-0.25, -0.2) is 0 Å². The van der Waals surface area contributed by atoms with Crippen molar-refractivity contribution in [2.24, 2.45) is 0 Å². The standard InChI is InChI=1S/C19H21N5O/c1-2-6-13(5-1)21-18-14-8-10-20-17(14)23-19(24-18)22-15-7-3-4-12-9-11-25-16(12)15/h3-4,7-8,10,13H,1-2,5-6,9,11H2,(H3,20,21,22,23,24). The van der Waals surface area contributed by atoms with E-state index in [9.17, 15) is 0 Å². The average Bonchev–Trinajstić information content (AvgIpc) is 3.36. The van der Waals surface area contributed by atoms with E-state index in [1.165, 1.54) is 31.2 Å². The minimum Gasteiger partial charge on any atom is -0.491 e. The molecule has 0 amide bonds. The van der Waals surface area contributed by atoms with Gasteiger partial charge in [0.25, 0.3) is 0 Å². The smallest absolute Gasteiger partial charge is 0.231 e. The lowest BCUT2D eigenvalue weighted by Crippen LogP contribution is -2.16. The van der Waals surface area contributed by atoms with E-state index in [0.29, 0.717) is 12.0 Å². The Hall–Kier alpha value is -2.76. The highest BCUT2D eigenvalue weighted by Gasteiger charge is 2.19. The van der Waals surface area contributed by atoms with Gasteiger partial charge in [-0.2, -0.15) is 9.97 Å². The number of ether oxygens (including phenoxy) is 1. The normalized spacial score (nSPS) is 16.8. The van der Waals surface area contributed by atoms with Crippen LogP contribution in [0.1, 0.15) is 31.2 Å². The number of aromatic amines is 1. The number of nitrogens with zero attached hydrogens (tertiary/aromatic N) is 2. The second-order valence-electron chi connectivity index (χ2n) is 6.78. The number of benzene rings is 1. The maximum absolute atomic E-state index is 5.77. The van der Waals surface area contributed by atoms with Crippen LogP contribution in [0.3, 0.4) is 0 Å². The lowest BCUT2D eigenvalue weighted by molar-refractivity contribution is 0.358. The van der Waals surface area contributed by atoms with Crippen LogP contribution in [0, 0.1) is 0 Å². The van der Waals surface area contributed by atoms with Crippen LogP contribution in [-0.2, 0) is 6.42 Å². The zero-order valence-electron chi connectivity index (χ0n) is 14.0. The molecule has 0 spiro atoms. The largest absolute Gasteiger partial charge is 0.491 e. The Kier molecular flexibility index (Phi) is 3.47. The van der Waals surface area contributed by atoms with Gasteiger partial charge in [0, 0.05) is 18.7 Å². The van der Waals surface area contributed by atoms with E-state index >= 15 is 0 Å². The Bertz CT molecular complexity index is 913. The van der Waals surface area contributed by atoms with Crippen LogP contribution in [0.2, 0.25) is 0 Å². The fraction of sp³-hybridized carbons (Fsp3) is 0.368. The third-order valence-electron chi connectivity index (χ3n) is 5.07. The molecule has 0 bridgehead atoms. The van der Waals surface area contributed by atoms with E-state index in [4.69, 9.17) is 9.72 Å². The van der Waals surface area contributed by atoms with Crippen LogP contribution >= 0.6 is 0 Å². The molecule has 0 unspecified atom stereocenters. The minimum atomic E-state index is 0.505. The van der Waals surface area contributed by atoms with Crippen LogP contribution < -0.4 is 15.4 Å². The Morgan fingerprint density at radius 2 is 2.04 bits per heavy atom. The fourth-order valence-electron chi connectivity index (χ4n) is 3.80. The number of hydrogen-bond donors (Lipinski definition) is 3. The molecule has 3 heterocycles. The summed E-state index contributed by atoms with van der Waals surface area (Å²) in [6, 6.07) is 8.69. The lowest BCUT2D eigenvalue weighted by atomic mass is 10.1. The van der Waals surface area contributed by atoms with Gasteiger partial charge in [-0.3, -0.25) is 0 Å². The molecular weight excluding hydrogens is 314 g/mol. The maximum Gasteiger partial charge on any atom is 0.231 e. The SMILES string of the molecule is c1cc2c(c(Nc3nc(NC4CCCC4)c4cc[nH]c4n3)c1)OCC2. The van der Waals surface area contributed by atoms with Crippen LogP contribution in [0.5, 0.6) is 5.75 Å². The second kappa shape index (κ2) is 5.95. The summed E-state index contributed by atoms with van der Waals surface area (Å²) in [5, 5.41) is 7.98. The summed E-state index contributed by atoms with van der Waals surface area (Å²) < 4.78 is 5.77. The third kappa shape index (κ3) is 2.67. The highest BCUT2D eigenvalue weighted by molar-refractivity contribution is 5.88. The van der Waals surface area contributed by atoms with E-state index in [2.05, 4.69) is 26.7 Å². The highest BCUT2D eigenvalue weighted by atomic mass is 16.5. The third-order valence-corrected chi connectivity index (χ3v) is 5.07. The van der Waals surface area contributed by atoms with Crippen molar-refractivity contribution in [3.63, 3.8) is 0 Å². The van der Waals surface area contributed by atoms with Gasteiger partial charge >= 0.3 is 0 Å². The molecule has 1 aromatic carbocycles. The summed E-state index contributed by atoms with van der Waals surface area (Å²) in [6.45, 7) is 0.735. The van der Waals surface area contributed by atoms with Crippen molar-refractivity contribution in [2.75, 3.05) is 17.2 Å². The molecule has 0 radical (unpaired) electrons. The molecule has 1 fully saturated rings. The zero-order chi connectivity index (χ0) is 16.6. The predicted octanol–water partition coefficient (Wildman–Crippen LogP) is 3.99. The summed E-state index contributed by atoms with van der Waals surface area (Å²) >= 11 is 0. The van der Waals surface area contributed by atoms with E-state index in [1.807, 2.05) is 24.4 Å². The quantitative estimate of drug-likeness (QED) is 0.672. The first-order valence-corrected chi connectivity index (χ1v) is 9.00. The molecule has 3 N–H and O–H groups in total. The van der Waals surface area contributed by atoms with Crippen LogP contribution in [0.15, 0.2) is 30.5 Å². The van der Waals surface area contributed by atoms with Gasteiger partial charge < -0.3 is 20.4 Å². The van der Waals surface area contributed by atoms with E-state index < -0.39 is 0 Å². The van der Waals surface area contributed by atoms with Crippen molar-refractivity contribution in [1.29, 1.82) is 0 Å². The molecular formula is C19H21N5O. The van der Waals surface area contributed by atoms with Crippen LogP contribution in [-0.4, -0.2) is 27.6 Å². The number of H-pyrrole nitrogens is 1. The van der Waals surface area contributed by atoms with Gasteiger partial charge in [-0.15, -0.1) is 0 Å². The molecule has 6 heteroatoms. The van der Waals surface area contributed by atoms with Crippen LogP contribution in [0.25, 0.3) is 11.0 Å². The first kappa shape index (κ1) is 14.6. The molecule has 2 aliphatic rings. The number of rotatable bonds is 4. The summed E-state index contributed by atoms with van der Waals surface area (Å²) in [5.41, 5.74) is 2.99. The van der Waals surface area contributed by atoms with Crippen molar-refractivity contribution < 1.29 is 4.74 Å². The monoisotopic (exact) mass is 335 g/mol. The van der Waals surface area contributed by atoms with Gasteiger partial charge in [-0.1, -0.05) is 25.0 Å². The van der Waals surface area contributed by atoms with Crippen molar-refractivity contribution in [2.45, 2.75) is 38.1 Å². The number of nitrogens with one attached hydrogen (secondary N) is 3. The van der Waals surface area contributed by atoms with E-state index in [-0.39, 0.29) is 0 Å². The summed E-state index contributed by atoms with van der Waals surface area (Å²) in [5.74, 6) is 2.40. The number of anilines is 3. The van der Waals surface area contributed by atoms with Crippen molar-refractivity contribution in [3.8, 4) is 5.75 Å². The molecule has 0 atom stereocenters. The van der Waals surface area contributed by atoms with Gasteiger partial charge in [0.15, 0.2) is 0 Å². The lowest BCUT2D eigenvalue weighted by Gasteiger charge is -2.15. The topological polar surface area (TPSA) is 74.9 Å². The first-order chi connectivity index (χ1) is 12.4. The zero-order valence-corrected chi connectivity index (χ0v) is 14.0. The summed E-state index contributed by atoms with van der Waals surface area (Å²) in [4.78, 5) is 12.6. The summed E-state index contributed by atoms with van der Waals surface area (Å²) in [7, 11) is 0. The average molecular weight is 335 g/mol. The molecule has 25 heavy (non-hydrogen) atoms. The number of hydrogen-bond acceptors (Lipinski definition) is 5. The first-order valence-electron chi connectivity index (χ1n) is 9.00. The summed E-state index contributed by atoms with van der Waals surface area (Å²) in [6.07, 6.45) is 7.86. The molecule has 1 aliphatic carbocycles. The Balaban J connectivity index is 1.50. The molecule has 2 aromatic heterocycles. The number of fused-ring (bicyclic) bond motifs is 2. The van der Waals surface area contributed by atoms with Gasteiger partial charge in [0.05, 0.1) is 17.7 Å². The second-order valence-corrected chi connectivity index (χ2v) is 6.78. The molecule has 1 saturated carbocycles. The van der Waals surface area contributed by atoms with Crippen LogP contribution in [0.4, 0.5) is 17.5 Å². The van der Waals surface area contributed by atoms with Gasteiger partial charge in [0.1, 0.15) is 17.2 Å². The minimum absolute atomic E-state index is 0.505. The van der Waals surface area contributed by atoms with Gasteiger partial charge in [0.2, 0.25) is 5.95 Å². The van der Waals surface area contributed by atoms with Crippen molar-refractivity contribution >= 4 is 28.5 Å². The Morgan fingerprint density at radius 3 is 2.96 bits per heavy atom. The Morgan fingerprint density at radius 1 is 1.12 bits per heavy atom. The molecule has 0 saturated heterocycles. The van der Waals surface area contributed by atoms with Gasteiger partial charge in [-0.05, 0) is 30.5 Å². The van der Waals surface area contributed by atoms with Crippen molar-refractivity contribution in [1.82, 2.24) is 15.0 Å². The molecule has 128 valence electrons. The maximum atomic E-state index is 5.77. The van der Waals surface area contributed by atoms with Crippen molar-refractivity contribution in [3.05, 3.63) is 36.0 Å². The van der Waals surface area contributed by atoms with E-state index in [1.54, 1.807) is 0 Å². The highest BCUT2D eigenvalue weighted by Crippen LogP contribution is 2.35. The molecule has 1 aliphatic heterocycles.